The lowest BCUT2D eigenvalue weighted by atomic mass is 10.1. The summed E-state index contributed by atoms with van der Waals surface area (Å²) in [6.45, 7) is 5.18. The minimum Gasteiger partial charge on any atom is -0.379 e. The van der Waals surface area contributed by atoms with Crippen LogP contribution >= 0.6 is 11.8 Å². The zero-order valence-electron chi connectivity index (χ0n) is 16.0. The van der Waals surface area contributed by atoms with Crippen LogP contribution in [0.25, 0.3) is 0 Å². The van der Waals surface area contributed by atoms with Crippen molar-refractivity contribution in [3.63, 3.8) is 0 Å². The van der Waals surface area contributed by atoms with Gasteiger partial charge >= 0.3 is 0 Å². The number of nitrogens with one attached hydrogen (secondary N) is 1. The summed E-state index contributed by atoms with van der Waals surface area (Å²) in [7, 11) is -3.75. The van der Waals surface area contributed by atoms with Crippen molar-refractivity contribution in [2.24, 2.45) is 5.14 Å². The topological polar surface area (TPSA) is 84.7 Å². The quantitative estimate of drug-likeness (QED) is 0.638. The highest BCUT2D eigenvalue weighted by Gasteiger charge is 2.36. The van der Waals surface area contributed by atoms with Crippen LogP contribution in [0.1, 0.15) is 13.3 Å². The van der Waals surface area contributed by atoms with Gasteiger partial charge in [-0.2, -0.15) is 0 Å². The summed E-state index contributed by atoms with van der Waals surface area (Å²) in [6.07, 6.45) is 0.854. The van der Waals surface area contributed by atoms with Gasteiger partial charge in [0, 0.05) is 29.4 Å². The highest BCUT2D eigenvalue weighted by molar-refractivity contribution is 7.99. The molecule has 2 aromatic carbocycles. The molecule has 2 aromatic rings. The molecule has 0 spiro atoms. The summed E-state index contributed by atoms with van der Waals surface area (Å²) in [5, 5.41) is 8.94. The van der Waals surface area contributed by atoms with Gasteiger partial charge in [0.25, 0.3) is 0 Å². The maximum atomic E-state index is 11.8. The number of primary sulfonamides is 1. The van der Waals surface area contributed by atoms with Gasteiger partial charge in [0.05, 0.1) is 18.1 Å². The first kappa shape index (κ1) is 21.1. The van der Waals surface area contributed by atoms with Gasteiger partial charge in [-0.1, -0.05) is 31.2 Å². The molecule has 0 aliphatic carbocycles. The zero-order valence-corrected chi connectivity index (χ0v) is 17.6. The fourth-order valence-electron chi connectivity index (χ4n) is 3.35. The number of nitrogens with two attached hydrogens (primary N) is 1. The van der Waals surface area contributed by atoms with Crippen LogP contribution in [0.2, 0.25) is 0 Å². The third-order valence-electron chi connectivity index (χ3n) is 4.96. The van der Waals surface area contributed by atoms with Crippen LogP contribution in [0.15, 0.2) is 64.4 Å². The Labute approximate surface area is 171 Å². The number of sulfonamides is 1. The SMILES string of the molecule is CC[C@@](CSc1ccccc1)(Nc1cccc(S(N)(=O)=O)c1)N1CCOCC1. The Kier molecular flexibility index (Phi) is 7.00. The molecule has 0 unspecified atom stereocenters. The van der Waals surface area contributed by atoms with Crippen molar-refractivity contribution in [1.82, 2.24) is 4.90 Å². The Hall–Kier alpha value is -1.58. The van der Waals surface area contributed by atoms with Crippen molar-refractivity contribution >= 4 is 27.5 Å². The molecule has 0 saturated carbocycles. The normalized spacial score (nSPS) is 17.8. The molecule has 28 heavy (non-hydrogen) atoms. The largest absolute Gasteiger partial charge is 0.379 e. The third-order valence-corrected chi connectivity index (χ3v) is 7.10. The van der Waals surface area contributed by atoms with Gasteiger partial charge in [-0.15, -0.1) is 11.8 Å². The number of nitrogens with zero attached hydrogens (tertiary/aromatic N) is 1. The van der Waals surface area contributed by atoms with E-state index in [1.807, 2.05) is 24.3 Å². The van der Waals surface area contributed by atoms with Crippen molar-refractivity contribution in [2.45, 2.75) is 28.8 Å². The van der Waals surface area contributed by atoms with Crippen LogP contribution in [-0.4, -0.2) is 51.0 Å². The van der Waals surface area contributed by atoms with Crippen molar-refractivity contribution in [1.29, 1.82) is 0 Å². The van der Waals surface area contributed by atoms with Gasteiger partial charge < -0.3 is 10.1 Å². The van der Waals surface area contributed by atoms with E-state index in [2.05, 4.69) is 29.3 Å². The van der Waals surface area contributed by atoms with Crippen molar-refractivity contribution in [3.05, 3.63) is 54.6 Å². The molecule has 0 radical (unpaired) electrons. The first-order valence-corrected chi connectivity index (χ1v) is 11.9. The molecule has 1 aliphatic heterocycles. The molecular formula is C20H27N3O3S2. The molecule has 1 atom stereocenters. The van der Waals surface area contributed by atoms with Gasteiger partial charge in [0.1, 0.15) is 5.66 Å². The smallest absolute Gasteiger partial charge is 0.238 e. The van der Waals surface area contributed by atoms with Gasteiger partial charge in [-0.05, 0) is 36.8 Å². The van der Waals surface area contributed by atoms with Crippen LogP contribution in [0.4, 0.5) is 5.69 Å². The Balaban J connectivity index is 1.88. The summed E-state index contributed by atoms with van der Waals surface area (Å²) in [4.78, 5) is 3.71. The monoisotopic (exact) mass is 421 g/mol. The van der Waals surface area contributed by atoms with Crippen LogP contribution < -0.4 is 10.5 Å². The van der Waals surface area contributed by atoms with E-state index in [1.165, 1.54) is 11.0 Å². The first-order chi connectivity index (χ1) is 13.4. The number of thioether (sulfide) groups is 1. The summed E-state index contributed by atoms with van der Waals surface area (Å²) in [5.74, 6) is 0.813. The molecule has 8 heteroatoms. The molecule has 0 aromatic heterocycles. The molecule has 3 rings (SSSR count). The fraction of sp³-hybridized carbons (Fsp3) is 0.400. The van der Waals surface area contributed by atoms with Crippen LogP contribution in [0.3, 0.4) is 0 Å². The number of anilines is 1. The second-order valence-electron chi connectivity index (χ2n) is 6.78. The standard InChI is InChI=1S/C20H27N3O3S2/c1-2-20(23-11-13-26-14-12-23,16-27-18-8-4-3-5-9-18)22-17-7-6-10-19(15-17)28(21,24)25/h3-10,15,22H,2,11-14,16H2,1H3,(H2,21,24,25)/t20-/m1/s1. The average Bonchev–Trinajstić information content (AvgIpc) is 2.72. The lowest BCUT2D eigenvalue weighted by Gasteiger charge is -2.46. The molecule has 1 heterocycles. The summed E-state index contributed by atoms with van der Waals surface area (Å²) < 4.78 is 29.0. The van der Waals surface area contributed by atoms with Crippen LogP contribution in [0, 0.1) is 0 Å². The molecule has 3 N–H and O–H groups in total. The molecule has 0 bridgehead atoms. The Morgan fingerprint density at radius 2 is 1.86 bits per heavy atom. The lowest BCUT2D eigenvalue weighted by Crippen LogP contribution is -2.59. The predicted octanol–water partition coefficient (Wildman–Crippen LogP) is 2.98. The van der Waals surface area contributed by atoms with Gasteiger partial charge in [0.15, 0.2) is 0 Å². The average molecular weight is 422 g/mol. The number of morpholine rings is 1. The van der Waals surface area contributed by atoms with Crippen molar-refractivity contribution in [2.75, 3.05) is 37.4 Å². The maximum Gasteiger partial charge on any atom is 0.238 e. The number of hydrogen-bond donors (Lipinski definition) is 2. The molecular weight excluding hydrogens is 394 g/mol. The lowest BCUT2D eigenvalue weighted by molar-refractivity contribution is -0.00630. The Morgan fingerprint density at radius 3 is 2.50 bits per heavy atom. The second kappa shape index (κ2) is 9.28. The first-order valence-electron chi connectivity index (χ1n) is 9.35. The number of rotatable bonds is 8. The van der Waals surface area contributed by atoms with Gasteiger partial charge in [-0.25, -0.2) is 13.6 Å². The Bertz CT molecular complexity index is 871. The number of hydrogen-bond acceptors (Lipinski definition) is 6. The van der Waals surface area contributed by atoms with Gasteiger partial charge in [0.2, 0.25) is 10.0 Å². The second-order valence-corrected chi connectivity index (χ2v) is 9.39. The van der Waals surface area contributed by atoms with E-state index in [4.69, 9.17) is 9.88 Å². The van der Waals surface area contributed by atoms with E-state index in [-0.39, 0.29) is 10.6 Å². The summed E-state index contributed by atoms with van der Waals surface area (Å²) >= 11 is 1.79. The Morgan fingerprint density at radius 1 is 1.14 bits per heavy atom. The molecule has 1 saturated heterocycles. The van der Waals surface area contributed by atoms with Crippen LogP contribution in [-0.2, 0) is 14.8 Å². The summed E-state index contributed by atoms with van der Waals surface area (Å²) in [6, 6.07) is 17.0. The maximum absolute atomic E-state index is 11.8. The number of benzene rings is 2. The van der Waals surface area contributed by atoms with E-state index in [1.54, 1.807) is 23.9 Å². The highest BCUT2D eigenvalue weighted by atomic mass is 32.2. The molecule has 0 amide bonds. The molecule has 152 valence electrons. The fourth-order valence-corrected chi connectivity index (χ4v) is 5.12. The van der Waals surface area contributed by atoms with Crippen LogP contribution in [0.5, 0.6) is 0 Å². The van der Waals surface area contributed by atoms with Gasteiger partial charge in [-0.3, -0.25) is 4.90 Å². The highest BCUT2D eigenvalue weighted by Crippen LogP contribution is 2.32. The van der Waals surface area contributed by atoms with Crippen molar-refractivity contribution < 1.29 is 13.2 Å². The number of ether oxygens (including phenoxy) is 1. The zero-order chi connectivity index (χ0) is 20.0. The minimum atomic E-state index is -3.75. The third kappa shape index (κ3) is 5.27. The van der Waals surface area contributed by atoms with E-state index in [0.717, 1.165) is 31.0 Å². The molecule has 1 aliphatic rings. The molecule has 1 fully saturated rings. The van der Waals surface area contributed by atoms with Crippen molar-refractivity contribution in [3.8, 4) is 0 Å². The molecule has 6 nitrogen and oxygen atoms in total. The summed E-state index contributed by atoms with van der Waals surface area (Å²) in [5.41, 5.74) is 0.412. The van der Waals surface area contributed by atoms with E-state index >= 15 is 0 Å². The minimum absolute atomic E-state index is 0.111. The van der Waals surface area contributed by atoms with E-state index in [9.17, 15) is 8.42 Å². The predicted molar refractivity (Wildman–Crippen MR) is 114 cm³/mol. The van der Waals surface area contributed by atoms with E-state index in [0.29, 0.717) is 13.2 Å². The van der Waals surface area contributed by atoms with E-state index < -0.39 is 10.0 Å².